The molecule has 0 radical (unpaired) electrons. The number of hydrogen-bond acceptors (Lipinski definition) is 7. The van der Waals surface area contributed by atoms with Crippen molar-refractivity contribution < 1.29 is 27.5 Å². The van der Waals surface area contributed by atoms with E-state index in [-0.39, 0.29) is 40.9 Å². The number of aliphatic hydroxyl groups is 1. The number of rotatable bonds is 3. The maximum absolute atomic E-state index is 13.8. The molecule has 0 unspecified atom stereocenters. The Hall–Kier alpha value is -2.37. The molecule has 1 amide bonds. The van der Waals surface area contributed by atoms with Gasteiger partial charge in [-0.05, 0) is 116 Å². The van der Waals surface area contributed by atoms with E-state index in [4.69, 9.17) is 20.8 Å². The van der Waals surface area contributed by atoms with E-state index >= 15 is 0 Å². The van der Waals surface area contributed by atoms with E-state index in [1.807, 2.05) is 18.2 Å². The Morgan fingerprint density at radius 3 is 2.62 bits per heavy atom. The van der Waals surface area contributed by atoms with Crippen LogP contribution in [0.2, 0.25) is 23.2 Å². The average molecular weight is 715 g/mol. The molecule has 2 heterocycles. The molecule has 11 heteroatoms. The zero-order valence-electron chi connectivity index (χ0n) is 28.9. The molecule has 2 aromatic carbocycles. The molecular formula is C37H51ClN2O6SSi. The predicted octanol–water partition coefficient (Wildman–Crippen LogP) is 7.00. The molecule has 48 heavy (non-hydrogen) atoms. The van der Waals surface area contributed by atoms with Crippen molar-refractivity contribution >= 4 is 41.5 Å². The van der Waals surface area contributed by atoms with Crippen LogP contribution in [-0.4, -0.2) is 65.4 Å². The van der Waals surface area contributed by atoms with Crippen molar-refractivity contribution in [3.63, 3.8) is 0 Å². The standard InChI is InChI=1S/C37H51ClN2O6SSi/c1-36(2,3)48(4,5)46-22-29-10-6-7-11-33(41)30-15-12-27(30)21-40-23-37(18-8-9-25-19-28(38)14-16-31(25)37)24-45-34-17-13-26(20-32(34)40)35(42)39-47(29,43)44/h6-7,13-14,16-17,19-20,27,29-30,33,41H,8-12,15,18,21-24H2,1-5H3,(H,39,42)/b7-6-/t27-,29+,30+,33-,37-/m0/s1. The van der Waals surface area contributed by atoms with Crippen molar-refractivity contribution in [2.45, 2.75) is 101 Å². The van der Waals surface area contributed by atoms with Crippen LogP contribution in [-0.2, 0) is 26.3 Å². The fourth-order valence-electron chi connectivity index (χ4n) is 7.60. The number of sulfonamides is 1. The SMILES string of the molecule is CC(C)(C)[Si](C)(C)OC[C@H]1C/C=C\C[C@H](O)[C@@H]2CC[C@H]2CN2C[C@@]3(CCCc4cc(Cl)ccc43)COc3ccc(cc32)C(=O)NS1(=O)=O. The molecule has 2 aromatic rings. The fraction of sp³-hybridized carbons (Fsp3) is 0.595. The number of nitrogens with zero attached hydrogens (tertiary/aromatic N) is 1. The maximum atomic E-state index is 13.8. The highest BCUT2D eigenvalue weighted by Crippen LogP contribution is 2.47. The first-order valence-electron chi connectivity index (χ1n) is 17.4. The van der Waals surface area contributed by atoms with Gasteiger partial charge in [0, 0.05) is 29.1 Å². The summed E-state index contributed by atoms with van der Waals surface area (Å²) in [5, 5.41) is 11.0. The van der Waals surface area contributed by atoms with Gasteiger partial charge in [0.25, 0.3) is 5.91 Å². The second-order valence-corrected chi connectivity index (χ2v) is 23.2. The Bertz CT molecular complexity index is 1670. The molecule has 2 N–H and O–H groups in total. The molecule has 6 rings (SSSR count). The summed E-state index contributed by atoms with van der Waals surface area (Å²) in [5.41, 5.74) is 3.27. The summed E-state index contributed by atoms with van der Waals surface area (Å²) >= 11 is 6.42. The molecule has 0 aromatic heterocycles. The van der Waals surface area contributed by atoms with Crippen molar-refractivity contribution in [2.75, 3.05) is 31.2 Å². The lowest BCUT2D eigenvalue weighted by atomic mass is 9.68. The minimum Gasteiger partial charge on any atom is -0.490 e. The van der Waals surface area contributed by atoms with Crippen LogP contribution in [0.3, 0.4) is 0 Å². The number of carbonyl (C=O) groups excluding carboxylic acids is 1. The Labute approximate surface area is 292 Å². The number of amides is 1. The number of aryl methyl sites for hydroxylation is 1. The zero-order valence-corrected chi connectivity index (χ0v) is 31.5. The lowest BCUT2D eigenvalue weighted by Crippen LogP contribution is -2.49. The van der Waals surface area contributed by atoms with Crippen LogP contribution in [0.1, 0.15) is 80.8 Å². The monoisotopic (exact) mass is 714 g/mol. The smallest absolute Gasteiger partial charge is 0.264 e. The number of halogens is 1. The Morgan fingerprint density at radius 1 is 1.12 bits per heavy atom. The molecule has 1 fully saturated rings. The fourth-order valence-corrected chi connectivity index (χ4v) is 10.1. The van der Waals surface area contributed by atoms with Crippen LogP contribution in [0.25, 0.3) is 0 Å². The lowest BCUT2D eigenvalue weighted by molar-refractivity contribution is 0.0177. The van der Waals surface area contributed by atoms with E-state index in [2.05, 4.69) is 55.6 Å². The van der Waals surface area contributed by atoms with Crippen molar-refractivity contribution in [3.05, 3.63) is 70.3 Å². The quantitative estimate of drug-likeness (QED) is 0.261. The van der Waals surface area contributed by atoms with Crippen LogP contribution < -0.4 is 14.4 Å². The average Bonchev–Trinajstić information content (AvgIpc) is 3.14. The number of carbonyl (C=O) groups is 1. The zero-order chi connectivity index (χ0) is 34.5. The van der Waals surface area contributed by atoms with E-state index < -0.39 is 35.6 Å². The molecule has 5 atom stereocenters. The van der Waals surface area contributed by atoms with Gasteiger partial charge in [-0.1, -0.05) is 50.6 Å². The van der Waals surface area contributed by atoms with E-state index in [0.29, 0.717) is 31.9 Å². The highest BCUT2D eigenvalue weighted by molar-refractivity contribution is 7.90. The molecular weight excluding hydrogens is 664 g/mol. The highest BCUT2D eigenvalue weighted by Gasteiger charge is 2.45. The minimum atomic E-state index is -4.11. The molecule has 262 valence electrons. The molecule has 2 bridgehead atoms. The Kier molecular flexibility index (Phi) is 9.89. The number of anilines is 1. The highest BCUT2D eigenvalue weighted by atomic mass is 35.5. The van der Waals surface area contributed by atoms with Crippen LogP contribution in [0.5, 0.6) is 5.75 Å². The lowest BCUT2D eigenvalue weighted by Gasteiger charge is -2.45. The number of allylic oxidation sites excluding steroid dienone is 1. The first kappa shape index (κ1) is 35.5. The largest absolute Gasteiger partial charge is 0.490 e. The summed E-state index contributed by atoms with van der Waals surface area (Å²) in [6.45, 7) is 12.4. The minimum absolute atomic E-state index is 0.0166. The first-order valence-corrected chi connectivity index (χ1v) is 22.3. The molecule has 0 saturated heterocycles. The van der Waals surface area contributed by atoms with E-state index in [9.17, 15) is 18.3 Å². The second kappa shape index (κ2) is 13.4. The number of aliphatic hydroxyl groups excluding tert-OH is 1. The van der Waals surface area contributed by atoms with Crippen molar-refractivity contribution in [2.24, 2.45) is 11.8 Å². The van der Waals surface area contributed by atoms with Crippen LogP contribution in [0, 0.1) is 11.8 Å². The van der Waals surface area contributed by atoms with Gasteiger partial charge in [0.1, 0.15) is 11.0 Å². The van der Waals surface area contributed by atoms with Crippen molar-refractivity contribution in [3.8, 4) is 5.75 Å². The molecule has 4 aliphatic rings. The predicted molar refractivity (Wildman–Crippen MR) is 194 cm³/mol. The maximum Gasteiger partial charge on any atom is 0.264 e. The molecule has 1 spiro atoms. The van der Waals surface area contributed by atoms with Crippen molar-refractivity contribution in [1.29, 1.82) is 0 Å². The van der Waals surface area contributed by atoms with E-state index in [1.165, 1.54) is 11.1 Å². The van der Waals surface area contributed by atoms with Gasteiger partial charge in [0.2, 0.25) is 10.0 Å². The normalized spacial score (nSPS) is 29.8. The van der Waals surface area contributed by atoms with Gasteiger partial charge in [-0.25, -0.2) is 13.1 Å². The van der Waals surface area contributed by atoms with Gasteiger partial charge < -0.3 is 19.2 Å². The summed E-state index contributed by atoms with van der Waals surface area (Å²) < 4.78 is 42.9. The van der Waals surface area contributed by atoms with Gasteiger partial charge >= 0.3 is 0 Å². The van der Waals surface area contributed by atoms with Crippen LogP contribution in [0.4, 0.5) is 5.69 Å². The molecule has 8 nitrogen and oxygen atoms in total. The van der Waals surface area contributed by atoms with Gasteiger partial charge in [-0.15, -0.1) is 0 Å². The number of ether oxygens (including phenoxy) is 1. The summed E-state index contributed by atoms with van der Waals surface area (Å²) in [6.07, 6.45) is 8.72. The molecule has 2 aliphatic carbocycles. The third-order valence-corrected chi connectivity index (χ3v) is 18.2. The summed E-state index contributed by atoms with van der Waals surface area (Å²) in [5.74, 6) is 0.422. The van der Waals surface area contributed by atoms with Gasteiger partial charge in [0.05, 0.1) is 25.0 Å². The third kappa shape index (κ3) is 7.11. The van der Waals surface area contributed by atoms with Crippen LogP contribution in [0.15, 0.2) is 48.6 Å². The third-order valence-electron chi connectivity index (χ3n) is 11.8. The number of nitrogens with one attached hydrogen (secondary N) is 1. The molecule has 1 saturated carbocycles. The van der Waals surface area contributed by atoms with E-state index in [1.54, 1.807) is 18.2 Å². The molecule has 2 aliphatic heterocycles. The van der Waals surface area contributed by atoms with Gasteiger partial charge in [-0.3, -0.25) is 4.79 Å². The van der Waals surface area contributed by atoms with E-state index in [0.717, 1.165) is 42.8 Å². The topological polar surface area (TPSA) is 105 Å². The summed E-state index contributed by atoms with van der Waals surface area (Å²) in [7, 11) is -6.37. The Balaban J connectivity index is 1.36. The summed E-state index contributed by atoms with van der Waals surface area (Å²) in [6, 6.07) is 11.4. The second-order valence-electron chi connectivity index (χ2n) is 16.0. The Morgan fingerprint density at radius 2 is 1.90 bits per heavy atom. The number of hydrogen-bond donors (Lipinski definition) is 2. The number of benzene rings is 2. The van der Waals surface area contributed by atoms with Gasteiger partial charge in [-0.2, -0.15) is 0 Å². The summed E-state index contributed by atoms with van der Waals surface area (Å²) in [4.78, 5) is 16.1. The number of fused-ring (bicyclic) bond motifs is 4. The first-order chi connectivity index (χ1) is 22.6. The van der Waals surface area contributed by atoms with Gasteiger partial charge in [0.15, 0.2) is 8.32 Å². The van der Waals surface area contributed by atoms with Crippen LogP contribution >= 0.6 is 11.6 Å². The van der Waals surface area contributed by atoms with Crippen molar-refractivity contribution in [1.82, 2.24) is 4.72 Å².